The largest absolute Gasteiger partial charge is 0.427 e. The molecule has 0 amide bonds. The van der Waals surface area contributed by atoms with Gasteiger partial charge in [0.2, 0.25) is 0 Å². The number of hydrogen-bond donors (Lipinski definition) is 1. The van der Waals surface area contributed by atoms with Crippen LogP contribution in [0.2, 0.25) is 0 Å². The summed E-state index contributed by atoms with van der Waals surface area (Å²) in [7, 11) is 2.37. The second kappa shape index (κ2) is 6.98. The van der Waals surface area contributed by atoms with Crippen LogP contribution in [-0.2, 0) is 4.65 Å². The van der Waals surface area contributed by atoms with E-state index in [1.165, 1.54) is 12.8 Å². The van der Waals surface area contributed by atoms with Gasteiger partial charge in [0.25, 0.3) is 0 Å². The molecule has 0 rings (SSSR count). The predicted molar refractivity (Wildman–Crippen MR) is 37.1 cm³/mol. The summed E-state index contributed by atoms with van der Waals surface area (Å²) >= 11 is 0. The van der Waals surface area contributed by atoms with E-state index >= 15 is 0 Å². The molecule has 0 heterocycles. The van der Waals surface area contributed by atoms with Gasteiger partial charge in [0.05, 0.1) is 0 Å². The highest BCUT2D eigenvalue weighted by Gasteiger charge is 1.84. The Morgan fingerprint density at radius 3 is 2.88 bits per heavy atom. The van der Waals surface area contributed by atoms with E-state index in [1.807, 2.05) is 0 Å². The molecule has 0 aliphatic rings. The summed E-state index contributed by atoms with van der Waals surface area (Å²) in [5.74, 6) is 0. The van der Waals surface area contributed by atoms with E-state index < -0.39 is 0 Å². The van der Waals surface area contributed by atoms with Gasteiger partial charge in [-0.15, -0.1) is 0 Å². The van der Waals surface area contributed by atoms with E-state index in [2.05, 4.69) is 12.2 Å². The molecule has 2 nitrogen and oxygen atoms in total. The lowest BCUT2D eigenvalue weighted by molar-refractivity contribution is 0.430. The van der Waals surface area contributed by atoms with E-state index in [1.54, 1.807) is 7.11 Å². The molecular weight excluding hydrogens is 101 g/mol. The lowest BCUT2D eigenvalue weighted by atomic mass is 10.2. The van der Waals surface area contributed by atoms with Crippen molar-refractivity contribution in [3.05, 3.63) is 0 Å². The van der Waals surface area contributed by atoms with Gasteiger partial charge in [-0.2, -0.15) is 0 Å². The second-order valence-electron chi connectivity index (χ2n) is 1.79. The van der Waals surface area contributed by atoms with Crippen LogP contribution in [0.3, 0.4) is 0 Å². The van der Waals surface area contributed by atoms with E-state index in [4.69, 9.17) is 4.65 Å². The van der Waals surface area contributed by atoms with Gasteiger partial charge in [-0.1, -0.05) is 13.3 Å². The van der Waals surface area contributed by atoms with Gasteiger partial charge in [0.1, 0.15) is 0 Å². The predicted octanol–water partition coefficient (Wildman–Crippen LogP) is 0.289. The first kappa shape index (κ1) is 7.98. The van der Waals surface area contributed by atoms with Crippen LogP contribution in [0.1, 0.15) is 19.8 Å². The molecule has 48 valence electrons. The third kappa shape index (κ3) is 5.98. The lowest BCUT2D eigenvalue weighted by Gasteiger charge is -1.96. The van der Waals surface area contributed by atoms with Gasteiger partial charge in [0, 0.05) is 7.11 Å². The van der Waals surface area contributed by atoms with Crippen molar-refractivity contribution in [1.29, 1.82) is 0 Å². The molecule has 0 aromatic heterocycles. The Morgan fingerprint density at radius 2 is 2.38 bits per heavy atom. The van der Waals surface area contributed by atoms with Crippen LogP contribution in [0.4, 0.5) is 0 Å². The number of nitrogens with one attached hydrogen (secondary N) is 1. The molecule has 0 aliphatic heterocycles. The van der Waals surface area contributed by atoms with Crippen LogP contribution in [0.15, 0.2) is 0 Å². The molecule has 0 saturated carbocycles. The fraction of sp³-hybridized carbons (Fsp3) is 1.00. The van der Waals surface area contributed by atoms with Gasteiger partial charge >= 0.3 is 7.62 Å². The first-order chi connectivity index (χ1) is 3.91. The van der Waals surface area contributed by atoms with Gasteiger partial charge in [-0.05, 0) is 13.0 Å². The smallest absolute Gasteiger partial charge is 0.360 e. The Kier molecular flexibility index (Phi) is 6.97. The topological polar surface area (TPSA) is 21.3 Å². The molecule has 0 aliphatic carbocycles. The van der Waals surface area contributed by atoms with Crippen LogP contribution in [0.25, 0.3) is 0 Å². The minimum Gasteiger partial charge on any atom is -0.427 e. The SMILES string of the molecule is CCCCNBOC. The van der Waals surface area contributed by atoms with Crippen molar-refractivity contribution < 1.29 is 4.65 Å². The van der Waals surface area contributed by atoms with E-state index in [0.29, 0.717) is 7.62 Å². The average Bonchev–Trinajstić information content (AvgIpc) is 1.81. The van der Waals surface area contributed by atoms with Crippen LogP contribution < -0.4 is 5.23 Å². The van der Waals surface area contributed by atoms with Crippen LogP contribution >= 0.6 is 0 Å². The van der Waals surface area contributed by atoms with E-state index in [9.17, 15) is 0 Å². The Hall–Kier alpha value is -0.0151. The zero-order valence-corrected chi connectivity index (χ0v) is 5.74. The third-order valence-corrected chi connectivity index (χ3v) is 0.954. The molecule has 1 N–H and O–H groups in total. The highest BCUT2D eigenvalue weighted by Crippen LogP contribution is 1.80. The highest BCUT2D eigenvalue weighted by atomic mass is 16.4. The fourth-order valence-corrected chi connectivity index (χ4v) is 0.476. The van der Waals surface area contributed by atoms with Gasteiger partial charge in [-0.25, -0.2) is 0 Å². The highest BCUT2D eigenvalue weighted by molar-refractivity contribution is 6.23. The maximum Gasteiger partial charge on any atom is 0.360 e. The molecule has 0 atom stereocenters. The minimum atomic E-state index is 0.681. The van der Waals surface area contributed by atoms with Gasteiger partial charge in [0.15, 0.2) is 0 Å². The summed E-state index contributed by atoms with van der Waals surface area (Å²) in [4.78, 5) is 0. The summed E-state index contributed by atoms with van der Waals surface area (Å²) in [5, 5.41) is 3.11. The number of rotatable bonds is 5. The summed E-state index contributed by atoms with van der Waals surface area (Å²) in [6.07, 6.45) is 2.49. The first-order valence-corrected chi connectivity index (χ1v) is 3.11. The van der Waals surface area contributed by atoms with Crippen molar-refractivity contribution in [2.75, 3.05) is 13.7 Å². The normalized spacial score (nSPS) is 9.25. The monoisotopic (exact) mass is 115 g/mol. The van der Waals surface area contributed by atoms with Crippen LogP contribution in [0, 0.1) is 0 Å². The molecule has 0 fully saturated rings. The molecule has 0 spiro atoms. The van der Waals surface area contributed by atoms with Gasteiger partial charge < -0.3 is 9.88 Å². The lowest BCUT2D eigenvalue weighted by Crippen LogP contribution is -2.21. The molecule has 0 unspecified atom stereocenters. The molecular formula is C5H14BNO. The maximum atomic E-state index is 4.78. The Labute approximate surface area is 51.9 Å². The fourth-order valence-electron chi connectivity index (χ4n) is 0.476. The summed E-state index contributed by atoms with van der Waals surface area (Å²) in [6.45, 7) is 3.25. The Balaban J connectivity index is 2.53. The van der Waals surface area contributed by atoms with Crippen molar-refractivity contribution >= 4 is 7.62 Å². The van der Waals surface area contributed by atoms with Crippen molar-refractivity contribution in [3.8, 4) is 0 Å². The maximum absolute atomic E-state index is 4.78. The Morgan fingerprint density at radius 1 is 1.62 bits per heavy atom. The molecule has 8 heavy (non-hydrogen) atoms. The Bertz CT molecular complexity index is 37.4. The first-order valence-electron chi connectivity index (χ1n) is 3.11. The summed E-state index contributed by atoms with van der Waals surface area (Å²) in [6, 6.07) is 0. The molecule has 0 bridgehead atoms. The quantitative estimate of drug-likeness (QED) is 0.410. The molecule has 0 aromatic carbocycles. The van der Waals surface area contributed by atoms with Crippen LogP contribution in [0.5, 0.6) is 0 Å². The summed E-state index contributed by atoms with van der Waals surface area (Å²) in [5.41, 5.74) is 0. The zero-order chi connectivity index (χ0) is 6.24. The minimum absolute atomic E-state index is 0.681. The average molecular weight is 115 g/mol. The standard InChI is InChI=1S/C5H14BNO/c1-3-4-5-7-6-8-2/h6-7H,3-5H2,1-2H3. The van der Waals surface area contributed by atoms with E-state index in [-0.39, 0.29) is 0 Å². The molecule has 0 radical (unpaired) electrons. The second-order valence-corrected chi connectivity index (χ2v) is 1.79. The van der Waals surface area contributed by atoms with Crippen LogP contribution in [-0.4, -0.2) is 21.3 Å². The molecule has 3 heteroatoms. The third-order valence-electron chi connectivity index (χ3n) is 0.954. The van der Waals surface area contributed by atoms with E-state index in [0.717, 1.165) is 6.54 Å². The van der Waals surface area contributed by atoms with Crippen molar-refractivity contribution in [2.45, 2.75) is 19.8 Å². The number of hydrogen-bond acceptors (Lipinski definition) is 2. The zero-order valence-electron chi connectivity index (χ0n) is 5.74. The molecule has 0 saturated heterocycles. The number of unbranched alkanes of at least 4 members (excludes halogenated alkanes) is 1. The summed E-state index contributed by atoms with van der Waals surface area (Å²) < 4.78 is 4.78. The van der Waals surface area contributed by atoms with Gasteiger partial charge in [-0.3, -0.25) is 0 Å². The molecule has 0 aromatic rings. The van der Waals surface area contributed by atoms with Crippen molar-refractivity contribution in [3.63, 3.8) is 0 Å². The van der Waals surface area contributed by atoms with Crippen molar-refractivity contribution in [1.82, 2.24) is 5.23 Å². The van der Waals surface area contributed by atoms with Crippen molar-refractivity contribution in [2.24, 2.45) is 0 Å².